The van der Waals surface area contributed by atoms with Crippen molar-refractivity contribution in [2.45, 2.75) is 81.7 Å². The lowest BCUT2D eigenvalue weighted by atomic mass is 9.79. The van der Waals surface area contributed by atoms with E-state index in [1.54, 1.807) is 18.5 Å². The second kappa shape index (κ2) is 10.7. The van der Waals surface area contributed by atoms with Crippen molar-refractivity contribution >= 4 is 23.2 Å². The molecule has 2 amide bonds. The minimum Gasteiger partial charge on any atom is -0.410 e. The van der Waals surface area contributed by atoms with E-state index in [-0.39, 0.29) is 68.7 Å². The van der Waals surface area contributed by atoms with Crippen LogP contribution in [0.5, 0.6) is 0 Å². The van der Waals surface area contributed by atoms with Crippen molar-refractivity contribution < 1.29 is 32.4 Å². The lowest BCUT2D eigenvalue weighted by Crippen LogP contribution is -2.40. The summed E-state index contributed by atoms with van der Waals surface area (Å²) in [5.41, 5.74) is 0.643. The van der Waals surface area contributed by atoms with E-state index >= 15 is 0 Å². The van der Waals surface area contributed by atoms with Gasteiger partial charge in [0, 0.05) is 32.1 Å². The first kappa shape index (κ1) is 27.8. The van der Waals surface area contributed by atoms with Crippen LogP contribution in [0.3, 0.4) is 0 Å². The Hall–Kier alpha value is -3.76. The van der Waals surface area contributed by atoms with Crippen molar-refractivity contribution in [3.63, 3.8) is 0 Å². The minimum atomic E-state index is -2.80. The lowest BCUT2D eigenvalue weighted by molar-refractivity contribution is -0.134. The molecule has 214 valence electrons. The predicted octanol–water partition coefficient (Wildman–Crippen LogP) is 4.07. The highest BCUT2D eigenvalue weighted by atomic mass is 19.3. The molecule has 0 radical (unpaired) electrons. The number of aromatic nitrogens is 3. The van der Waals surface area contributed by atoms with Gasteiger partial charge < -0.3 is 15.8 Å². The van der Waals surface area contributed by atoms with Crippen LogP contribution in [0.4, 0.5) is 17.6 Å². The minimum absolute atomic E-state index is 0.0334. The molecular formula is C26H29F4N7O3. The van der Waals surface area contributed by atoms with Crippen LogP contribution in [-0.2, 0) is 9.59 Å². The molecule has 0 bridgehead atoms. The molecule has 0 spiro atoms. The van der Waals surface area contributed by atoms with Crippen LogP contribution < -0.4 is 10.6 Å². The van der Waals surface area contributed by atoms with Gasteiger partial charge in [0.05, 0.1) is 30.2 Å². The monoisotopic (exact) mass is 563 g/mol. The molecule has 3 aliphatic carbocycles. The Morgan fingerprint density at radius 3 is 2.38 bits per heavy atom. The molecule has 3 N–H and O–H groups in total. The molecule has 2 heterocycles. The molecule has 5 rings (SSSR count). The summed E-state index contributed by atoms with van der Waals surface area (Å²) >= 11 is 0. The zero-order valence-electron chi connectivity index (χ0n) is 21.5. The van der Waals surface area contributed by atoms with Crippen molar-refractivity contribution in [3.05, 3.63) is 29.7 Å². The number of hydrogen-bond donors (Lipinski definition) is 3. The third-order valence-corrected chi connectivity index (χ3v) is 8.04. The van der Waals surface area contributed by atoms with E-state index in [2.05, 4.69) is 25.9 Å². The van der Waals surface area contributed by atoms with Gasteiger partial charge in [0.25, 0.3) is 5.91 Å². The number of halogens is 4. The predicted molar refractivity (Wildman–Crippen MR) is 132 cm³/mol. The third-order valence-electron chi connectivity index (χ3n) is 8.04. The summed E-state index contributed by atoms with van der Waals surface area (Å²) in [7, 11) is 0. The SMILES string of the molecule is N#C/C(=N\O)C(=O)N[C@H](c1cn2ncc(C(NC(=O)CC3CC(F)(F)C3)C3CC3)cc2n1)C1CCC(F)(F)CC1. The second-order valence-electron chi connectivity index (χ2n) is 11.2. The topological polar surface area (TPSA) is 145 Å². The van der Waals surface area contributed by atoms with Crippen LogP contribution in [0, 0.1) is 29.1 Å². The quantitative estimate of drug-likeness (QED) is 0.182. The van der Waals surface area contributed by atoms with Crippen molar-refractivity contribution in [2.24, 2.45) is 22.9 Å². The number of nitrogens with zero attached hydrogens (tertiary/aromatic N) is 5. The molecular weight excluding hydrogens is 534 g/mol. The highest BCUT2D eigenvalue weighted by Crippen LogP contribution is 2.45. The van der Waals surface area contributed by atoms with Gasteiger partial charge in [0.15, 0.2) is 5.65 Å². The maximum absolute atomic E-state index is 13.8. The van der Waals surface area contributed by atoms with Crippen molar-refractivity contribution in [1.29, 1.82) is 5.26 Å². The molecule has 3 fully saturated rings. The van der Waals surface area contributed by atoms with Crippen LogP contribution in [0.1, 0.15) is 81.1 Å². The molecule has 2 aromatic heterocycles. The highest BCUT2D eigenvalue weighted by molar-refractivity contribution is 6.45. The molecule has 3 aliphatic rings. The van der Waals surface area contributed by atoms with Gasteiger partial charge in [0.2, 0.25) is 23.5 Å². The second-order valence-corrected chi connectivity index (χ2v) is 11.2. The van der Waals surface area contributed by atoms with Crippen LogP contribution >= 0.6 is 0 Å². The Morgan fingerprint density at radius 1 is 1.10 bits per heavy atom. The number of amides is 2. The fraction of sp³-hybridized carbons (Fsp3) is 0.615. The summed E-state index contributed by atoms with van der Waals surface area (Å²) in [6.45, 7) is 0. The van der Waals surface area contributed by atoms with Crippen molar-refractivity contribution in [1.82, 2.24) is 25.2 Å². The Morgan fingerprint density at radius 2 is 1.77 bits per heavy atom. The first-order valence-corrected chi connectivity index (χ1v) is 13.3. The van der Waals surface area contributed by atoms with Gasteiger partial charge in [-0.3, -0.25) is 9.59 Å². The van der Waals surface area contributed by atoms with Crippen LogP contribution in [-0.4, -0.2) is 49.2 Å². The Kier molecular flexibility index (Phi) is 7.41. The number of nitriles is 1. The largest absolute Gasteiger partial charge is 0.410 e. The summed E-state index contributed by atoms with van der Waals surface area (Å²) in [5.74, 6) is -7.31. The number of nitrogens with one attached hydrogen (secondary N) is 2. The van der Waals surface area contributed by atoms with Crippen molar-refractivity contribution in [3.8, 4) is 6.07 Å². The molecule has 0 saturated heterocycles. The molecule has 0 aromatic carbocycles. The van der Waals surface area contributed by atoms with E-state index in [4.69, 9.17) is 10.5 Å². The summed E-state index contributed by atoms with van der Waals surface area (Å²) in [4.78, 5) is 29.7. The van der Waals surface area contributed by atoms with Crippen LogP contribution in [0.25, 0.3) is 5.65 Å². The van der Waals surface area contributed by atoms with Gasteiger partial charge in [-0.1, -0.05) is 5.16 Å². The molecule has 3 saturated carbocycles. The van der Waals surface area contributed by atoms with Crippen LogP contribution in [0.2, 0.25) is 0 Å². The Labute approximate surface area is 226 Å². The molecule has 2 atom stereocenters. The van der Waals surface area contributed by atoms with Gasteiger partial charge >= 0.3 is 0 Å². The smallest absolute Gasteiger partial charge is 0.284 e. The summed E-state index contributed by atoms with van der Waals surface area (Å²) in [6.07, 6.45) is 3.88. The molecule has 10 nitrogen and oxygen atoms in total. The Balaban J connectivity index is 1.36. The van der Waals surface area contributed by atoms with Gasteiger partial charge in [-0.15, -0.1) is 0 Å². The average Bonchev–Trinajstić information content (AvgIpc) is 3.63. The average molecular weight is 564 g/mol. The number of imidazole rings is 1. The fourth-order valence-corrected chi connectivity index (χ4v) is 5.71. The Bertz CT molecular complexity index is 1350. The summed E-state index contributed by atoms with van der Waals surface area (Å²) in [5, 5.41) is 30.7. The standard InChI is InChI=1S/C26H29F4N7O3/c27-25(28)5-3-16(4-6-25)23(35-24(39)18(11-31)36-40)19-13-37-20(33-19)8-17(12-32-37)22(15-1-2-15)34-21(38)7-14-9-26(29,30)10-14/h8,12-16,22-23,40H,1-7,9-10H2,(H,34,38)(H,35,39)/b36-18+/t22?,23-/m0/s1. The van der Waals surface area contributed by atoms with Gasteiger partial charge in [0.1, 0.15) is 6.07 Å². The number of rotatable bonds is 9. The molecule has 1 unspecified atom stereocenters. The third kappa shape index (κ3) is 6.18. The van der Waals surface area contributed by atoms with E-state index in [1.807, 2.05) is 0 Å². The fourth-order valence-electron chi connectivity index (χ4n) is 5.71. The summed E-state index contributed by atoms with van der Waals surface area (Å²) in [6, 6.07) is 2.01. The zero-order valence-corrected chi connectivity index (χ0v) is 21.5. The number of fused-ring (bicyclic) bond motifs is 1. The van der Waals surface area contributed by atoms with Gasteiger partial charge in [-0.05, 0) is 55.1 Å². The van der Waals surface area contributed by atoms with E-state index < -0.39 is 35.4 Å². The number of oxime groups is 1. The van der Waals surface area contributed by atoms with E-state index in [0.29, 0.717) is 16.9 Å². The number of hydrogen-bond acceptors (Lipinski definition) is 7. The summed E-state index contributed by atoms with van der Waals surface area (Å²) < 4.78 is 55.5. The molecule has 14 heteroatoms. The van der Waals surface area contributed by atoms with E-state index in [1.165, 1.54) is 10.6 Å². The normalized spacial score (nSPS) is 22.6. The first-order valence-electron chi connectivity index (χ1n) is 13.3. The number of alkyl halides is 4. The highest BCUT2D eigenvalue weighted by Gasteiger charge is 2.46. The van der Waals surface area contributed by atoms with Gasteiger partial charge in [-0.2, -0.15) is 10.4 Å². The van der Waals surface area contributed by atoms with E-state index in [9.17, 15) is 27.2 Å². The van der Waals surface area contributed by atoms with E-state index in [0.717, 1.165) is 12.8 Å². The lowest BCUT2D eigenvalue weighted by Gasteiger charge is -2.34. The number of carbonyl (C=O) groups excluding carboxylic acids is 2. The zero-order chi connectivity index (χ0) is 28.7. The maximum Gasteiger partial charge on any atom is 0.284 e. The van der Waals surface area contributed by atoms with Crippen LogP contribution in [0.15, 0.2) is 23.6 Å². The first-order chi connectivity index (χ1) is 19.0. The molecule has 40 heavy (non-hydrogen) atoms. The van der Waals surface area contributed by atoms with Gasteiger partial charge in [-0.25, -0.2) is 27.1 Å². The maximum atomic E-state index is 13.8. The number of carbonyl (C=O) groups is 2. The van der Waals surface area contributed by atoms with Crippen molar-refractivity contribution in [2.75, 3.05) is 0 Å². The molecule has 2 aromatic rings. The molecule has 0 aliphatic heterocycles.